The first-order valence-electron chi connectivity index (χ1n) is 5.49. The smallest absolute Gasteiger partial charge is 0.0340 e. The molecule has 2 N–H and O–H groups in total. The molecule has 0 bridgehead atoms. The van der Waals surface area contributed by atoms with E-state index in [1.807, 2.05) is 7.05 Å². The average Bonchev–Trinajstić information content (AvgIpc) is 2.16. The molecule has 0 aliphatic rings. The molecule has 2 nitrogen and oxygen atoms in total. The summed E-state index contributed by atoms with van der Waals surface area (Å²) in [6.45, 7) is 8.70. The molecule has 0 aromatic heterocycles. The fourth-order valence-electron chi connectivity index (χ4n) is 1.42. The van der Waals surface area contributed by atoms with Crippen LogP contribution >= 0.6 is 0 Å². The first kappa shape index (κ1) is 12.1. The van der Waals surface area contributed by atoms with Crippen molar-refractivity contribution in [1.82, 2.24) is 5.32 Å². The summed E-state index contributed by atoms with van der Waals surface area (Å²) < 4.78 is 0. The van der Waals surface area contributed by atoms with Gasteiger partial charge in [0.1, 0.15) is 0 Å². The number of benzene rings is 1. The predicted molar refractivity (Wildman–Crippen MR) is 67.2 cm³/mol. The molecule has 0 atom stereocenters. The standard InChI is InChI=1S/C13H22N2/c1-13(2,3)10-15-9-11-6-5-7-12(8-11)14-4/h5-8,14-15H,9-10H2,1-4H3. The highest BCUT2D eigenvalue weighted by Crippen LogP contribution is 2.12. The van der Waals surface area contributed by atoms with Gasteiger partial charge in [0.05, 0.1) is 0 Å². The van der Waals surface area contributed by atoms with Gasteiger partial charge < -0.3 is 10.6 Å². The van der Waals surface area contributed by atoms with Crippen LogP contribution in [-0.4, -0.2) is 13.6 Å². The lowest BCUT2D eigenvalue weighted by molar-refractivity contribution is 0.379. The third-order valence-electron chi connectivity index (χ3n) is 2.20. The van der Waals surface area contributed by atoms with Crippen molar-refractivity contribution in [3.05, 3.63) is 29.8 Å². The van der Waals surface area contributed by atoms with Crippen molar-refractivity contribution in [1.29, 1.82) is 0 Å². The van der Waals surface area contributed by atoms with Gasteiger partial charge in [0, 0.05) is 25.8 Å². The first-order chi connectivity index (χ1) is 7.01. The third kappa shape index (κ3) is 4.84. The van der Waals surface area contributed by atoms with E-state index in [4.69, 9.17) is 0 Å². The molecule has 0 unspecified atom stereocenters. The zero-order valence-electron chi connectivity index (χ0n) is 10.2. The highest BCUT2D eigenvalue weighted by atomic mass is 14.9. The van der Waals surface area contributed by atoms with E-state index in [0.717, 1.165) is 13.1 Å². The molecule has 0 fully saturated rings. The Balaban J connectivity index is 2.44. The minimum absolute atomic E-state index is 0.348. The monoisotopic (exact) mass is 206 g/mol. The summed E-state index contributed by atoms with van der Waals surface area (Å²) in [5, 5.41) is 6.61. The van der Waals surface area contributed by atoms with E-state index in [9.17, 15) is 0 Å². The normalized spacial score (nSPS) is 11.5. The highest BCUT2D eigenvalue weighted by Gasteiger charge is 2.08. The van der Waals surface area contributed by atoms with Crippen LogP contribution in [0.3, 0.4) is 0 Å². The summed E-state index contributed by atoms with van der Waals surface area (Å²) in [7, 11) is 1.95. The molecule has 0 spiro atoms. The minimum Gasteiger partial charge on any atom is -0.388 e. The van der Waals surface area contributed by atoms with Crippen LogP contribution in [0.4, 0.5) is 5.69 Å². The van der Waals surface area contributed by atoms with E-state index < -0.39 is 0 Å². The van der Waals surface area contributed by atoms with Gasteiger partial charge in [0.15, 0.2) is 0 Å². The van der Waals surface area contributed by atoms with Gasteiger partial charge in [-0.05, 0) is 23.1 Å². The summed E-state index contributed by atoms with van der Waals surface area (Å²) in [4.78, 5) is 0. The molecule has 84 valence electrons. The van der Waals surface area contributed by atoms with E-state index in [-0.39, 0.29) is 0 Å². The van der Waals surface area contributed by atoms with Gasteiger partial charge >= 0.3 is 0 Å². The molecule has 0 radical (unpaired) electrons. The van der Waals surface area contributed by atoms with Gasteiger partial charge in [-0.1, -0.05) is 32.9 Å². The molecule has 1 aromatic carbocycles. The first-order valence-corrected chi connectivity index (χ1v) is 5.49. The van der Waals surface area contributed by atoms with E-state index >= 15 is 0 Å². The number of anilines is 1. The Hall–Kier alpha value is -1.02. The Bertz CT molecular complexity index is 300. The van der Waals surface area contributed by atoms with Crippen molar-refractivity contribution >= 4 is 5.69 Å². The summed E-state index contributed by atoms with van der Waals surface area (Å²) in [6.07, 6.45) is 0. The summed E-state index contributed by atoms with van der Waals surface area (Å²) >= 11 is 0. The molecule has 2 heteroatoms. The molecule has 15 heavy (non-hydrogen) atoms. The van der Waals surface area contributed by atoms with Crippen molar-refractivity contribution < 1.29 is 0 Å². The number of nitrogens with one attached hydrogen (secondary N) is 2. The van der Waals surface area contributed by atoms with Crippen LogP contribution in [0, 0.1) is 5.41 Å². The van der Waals surface area contributed by atoms with Crippen LogP contribution in [0.1, 0.15) is 26.3 Å². The Kier molecular flexibility index (Phi) is 4.15. The van der Waals surface area contributed by atoms with Crippen LogP contribution in [0.15, 0.2) is 24.3 Å². The Morgan fingerprint density at radius 2 is 1.93 bits per heavy atom. The average molecular weight is 206 g/mol. The van der Waals surface area contributed by atoms with Gasteiger partial charge in [-0.2, -0.15) is 0 Å². The van der Waals surface area contributed by atoms with Crippen LogP contribution in [0.2, 0.25) is 0 Å². The van der Waals surface area contributed by atoms with Crippen LogP contribution in [0.25, 0.3) is 0 Å². The molecular weight excluding hydrogens is 184 g/mol. The molecule has 0 saturated carbocycles. The van der Waals surface area contributed by atoms with E-state index in [1.165, 1.54) is 11.3 Å². The summed E-state index contributed by atoms with van der Waals surface area (Å²) in [6, 6.07) is 8.49. The lowest BCUT2D eigenvalue weighted by Gasteiger charge is -2.18. The van der Waals surface area contributed by atoms with Crippen molar-refractivity contribution in [3.63, 3.8) is 0 Å². The Morgan fingerprint density at radius 3 is 2.53 bits per heavy atom. The maximum atomic E-state index is 3.47. The quantitative estimate of drug-likeness (QED) is 0.791. The second-order valence-corrected chi connectivity index (χ2v) is 5.11. The zero-order chi connectivity index (χ0) is 11.3. The van der Waals surface area contributed by atoms with Gasteiger partial charge in [-0.15, -0.1) is 0 Å². The van der Waals surface area contributed by atoms with E-state index in [2.05, 4.69) is 55.7 Å². The van der Waals surface area contributed by atoms with E-state index in [0.29, 0.717) is 5.41 Å². The second kappa shape index (κ2) is 5.17. The van der Waals surface area contributed by atoms with Gasteiger partial charge in [-0.25, -0.2) is 0 Å². The van der Waals surface area contributed by atoms with Gasteiger partial charge in [0.25, 0.3) is 0 Å². The minimum atomic E-state index is 0.348. The Labute approximate surface area is 93.1 Å². The third-order valence-corrected chi connectivity index (χ3v) is 2.20. The van der Waals surface area contributed by atoms with Gasteiger partial charge in [0.2, 0.25) is 0 Å². The molecule has 0 aliphatic heterocycles. The molecule has 0 saturated heterocycles. The summed E-state index contributed by atoms with van der Waals surface area (Å²) in [5.41, 5.74) is 2.84. The highest BCUT2D eigenvalue weighted by molar-refractivity contribution is 5.44. The molecule has 1 aromatic rings. The zero-order valence-corrected chi connectivity index (χ0v) is 10.2. The number of rotatable bonds is 4. The van der Waals surface area contributed by atoms with Crippen LogP contribution in [0.5, 0.6) is 0 Å². The largest absolute Gasteiger partial charge is 0.388 e. The number of hydrogen-bond acceptors (Lipinski definition) is 2. The molecular formula is C13H22N2. The topological polar surface area (TPSA) is 24.1 Å². The SMILES string of the molecule is CNc1cccc(CNCC(C)(C)C)c1. The van der Waals surface area contributed by atoms with Crippen molar-refractivity contribution in [2.75, 3.05) is 18.9 Å². The number of hydrogen-bond donors (Lipinski definition) is 2. The van der Waals surface area contributed by atoms with Crippen molar-refractivity contribution in [3.8, 4) is 0 Å². The van der Waals surface area contributed by atoms with Crippen LogP contribution < -0.4 is 10.6 Å². The maximum absolute atomic E-state index is 3.47. The second-order valence-electron chi connectivity index (χ2n) is 5.11. The van der Waals surface area contributed by atoms with Crippen molar-refractivity contribution in [2.24, 2.45) is 5.41 Å². The lowest BCUT2D eigenvalue weighted by Crippen LogP contribution is -2.26. The fraction of sp³-hybridized carbons (Fsp3) is 0.538. The molecule has 1 rings (SSSR count). The maximum Gasteiger partial charge on any atom is 0.0340 e. The predicted octanol–water partition coefficient (Wildman–Crippen LogP) is 2.86. The van der Waals surface area contributed by atoms with Gasteiger partial charge in [-0.3, -0.25) is 0 Å². The molecule has 0 aliphatic carbocycles. The van der Waals surface area contributed by atoms with Crippen LogP contribution in [-0.2, 0) is 6.54 Å². The van der Waals surface area contributed by atoms with E-state index in [1.54, 1.807) is 0 Å². The summed E-state index contributed by atoms with van der Waals surface area (Å²) in [5.74, 6) is 0. The molecule has 0 amide bonds. The van der Waals surface area contributed by atoms with Crippen molar-refractivity contribution in [2.45, 2.75) is 27.3 Å². The Morgan fingerprint density at radius 1 is 1.20 bits per heavy atom. The molecule has 0 heterocycles. The lowest BCUT2D eigenvalue weighted by atomic mass is 9.97. The fourth-order valence-corrected chi connectivity index (χ4v) is 1.42.